The van der Waals surface area contributed by atoms with Crippen LogP contribution in [0.2, 0.25) is 5.02 Å². The molecule has 0 atom stereocenters. The Balaban J connectivity index is 1.67. The van der Waals surface area contributed by atoms with E-state index in [0.717, 1.165) is 29.8 Å². The Hall–Kier alpha value is -4.12. The minimum atomic E-state index is -4.30. The molecule has 0 saturated heterocycles. The predicted octanol–water partition coefficient (Wildman–Crippen LogP) is 6.75. The molecular formula is C31H27ClF2N2O5S. The lowest BCUT2D eigenvalue weighted by molar-refractivity contribution is 0.0526. The zero-order valence-electron chi connectivity index (χ0n) is 22.7. The van der Waals surface area contributed by atoms with Gasteiger partial charge in [-0.15, -0.1) is 0 Å². The van der Waals surface area contributed by atoms with Crippen molar-refractivity contribution in [3.8, 4) is 0 Å². The van der Waals surface area contributed by atoms with Crippen molar-refractivity contribution < 1.29 is 31.5 Å². The smallest absolute Gasteiger partial charge is 0.338 e. The highest BCUT2D eigenvalue weighted by atomic mass is 35.5. The van der Waals surface area contributed by atoms with Gasteiger partial charge in [0.05, 0.1) is 28.3 Å². The molecule has 11 heteroatoms. The van der Waals surface area contributed by atoms with Gasteiger partial charge in [-0.2, -0.15) is 4.31 Å². The highest BCUT2D eigenvalue weighted by molar-refractivity contribution is 7.89. The van der Waals surface area contributed by atoms with Gasteiger partial charge in [0.15, 0.2) is 0 Å². The average Bonchev–Trinajstić information content (AvgIpc) is 2.96. The summed E-state index contributed by atoms with van der Waals surface area (Å²) in [5.74, 6) is -3.35. The zero-order valence-corrected chi connectivity index (χ0v) is 24.3. The van der Waals surface area contributed by atoms with Crippen LogP contribution in [0.25, 0.3) is 0 Å². The van der Waals surface area contributed by atoms with Crippen molar-refractivity contribution in [3.05, 3.63) is 129 Å². The summed E-state index contributed by atoms with van der Waals surface area (Å²) in [5, 5.41) is 2.36. The average molecular weight is 613 g/mol. The number of carbonyl (C=O) groups is 2. The Labute approximate surface area is 247 Å². The molecule has 4 aromatic rings. The third-order valence-corrected chi connectivity index (χ3v) is 8.33. The number of nitrogens with zero attached hydrogens (tertiary/aromatic N) is 1. The molecule has 218 valence electrons. The van der Waals surface area contributed by atoms with E-state index in [9.17, 15) is 26.8 Å². The Morgan fingerprint density at radius 1 is 0.857 bits per heavy atom. The van der Waals surface area contributed by atoms with Gasteiger partial charge in [-0.1, -0.05) is 53.6 Å². The Kier molecular flexibility index (Phi) is 9.72. The van der Waals surface area contributed by atoms with E-state index in [0.29, 0.717) is 16.7 Å². The molecule has 0 saturated carbocycles. The number of aryl methyl sites for hydroxylation is 1. The summed E-state index contributed by atoms with van der Waals surface area (Å²) in [6, 6.07) is 20.0. The van der Waals surface area contributed by atoms with Gasteiger partial charge in [-0.25, -0.2) is 22.0 Å². The highest BCUT2D eigenvalue weighted by Crippen LogP contribution is 2.25. The van der Waals surface area contributed by atoms with Crippen LogP contribution in [0.15, 0.2) is 89.8 Å². The number of halogens is 3. The molecule has 0 heterocycles. The molecule has 1 amide bonds. The summed E-state index contributed by atoms with van der Waals surface area (Å²) >= 11 is 5.75. The fourth-order valence-corrected chi connectivity index (χ4v) is 5.66. The minimum absolute atomic E-state index is 0.0306. The molecule has 0 radical (unpaired) electrons. The van der Waals surface area contributed by atoms with E-state index in [2.05, 4.69) is 5.32 Å². The summed E-state index contributed by atoms with van der Waals surface area (Å²) in [6.07, 6.45) is 0. The lowest BCUT2D eigenvalue weighted by Crippen LogP contribution is -2.30. The number of hydrogen-bond donors (Lipinski definition) is 1. The van der Waals surface area contributed by atoms with Crippen molar-refractivity contribution >= 4 is 39.2 Å². The van der Waals surface area contributed by atoms with Crippen LogP contribution in [0.1, 0.15) is 44.3 Å². The quantitative estimate of drug-likeness (QED) is 0.200. The van der Waals surface area contributed by atoms with Crippen molar-refractivity contribution in [2.75, 3.05) is 11.9 Å². The normalized spacial score (nSPS) is 11.4. The largest absolute Gasteiger partial charge is 0.462 e. The number of amides is 1. The lowest BCUT2D eigenvalue weighted by Gasteiger charge is -2.23. The lowest BCUT2D eigenvalue weighted by atomic mass is 10.1. The number of sulfonamides is 1. The van der Waals surface area contributed by atoms with Crippen molar-refractivity contribution in [2.24, 2.45) is 0 Å². The van der Waals surface area contributed by atoms with E-state index in [1.54, 1.807) is 43.3 Å². The summed E-state index contributed by atoms with van der Waals surface area (Å²) in [6.45, 7) is 3.70. The monoisotopic (exact) mass is 612 g/mol. The minimum Gasteiger partial charge on any atom is -0.462 e. The van der Waals surface area contributed by atoms with Crippen molar-refractivity contribution in [3.63, 3.8) is 0 Å². The van der Waals surface area contributed by atoms with Gasteiger partial charge in [0.25, 0.3) is 5.91 Å². The Bertz CT molecular complexity index is 1710. The van der Waals surface area contributed by atoms with E-state index in [1.807, 2.05) is 19.1 Å². The number of rotatable bonds is 10. The fraction of sp³-hybridized carbons (Fsp3) is 0.161. The molecule has 0 aliphatic carbocycles. The van der Waals surface area contributed by atoms with Crippen LogP contribution in [0.4, 0.5) is 14.5 Å². The van der Waals surface area contributed by atoms with Gasteiger partial charge >= 0.3 is 5.97 Å². The molecule has 0 bridgehead atoms. The molecule has 7 nitrogen and oxygen atoms in total. The zero-order chi connectivity index (χ0) is 30.4. The van der Waals surface area contributed by atoms with Gasteiger partial charge in [-0.3, -0.25) is 4.79 Å². The number of nitrogens with one attached hydrogen (secondary N) is 1. The molecule has 0 aromatic heterocycles. The van der Waals surface area contributed by atoms with Gasteiger partial charge in [0, 0.05) is 18.1 Å². The predicted molar refractivity (Wildman–Crippen MR) is 156 cm³/mol. The first-order chi connectivity index (χ1) is 20.0. The van der Waals surface area contributed by atoms with Crippen molar-refractivity contribution in [1.29, 1.82) is 0 Å². The number of hydrogen-bond acceptors (Lipinski definition) is 5. The standard InChI is InChI=1S/C31H27ClF2N2O5S/c1-3-41-31(38)23-10-8-22(9-11-23)19-36(18-21-6-4-20(2)5-7-21)42(39,40)25-13-14-27(33)26(17-25)30(37)35-29-15-12-24(32)16-28(29)34/h4-17H,3,18-19H2,1-2H3,(H,35,37). The topological polar surface area (TPSA) is 92.8 Å². The first-order valence-electron chi connectivity index (χ1n) is 12.9. The summed E-state index contributed by atoms with van der Waals surface area (Å²) in [4.78, 5) is 24.6. The van der Waals surface area contributed by atoms with Gasteiger partial charge in [-0.05, 0) is 73.5 Å². The molecule has 42 heavy (non-hydrogen) atoms. The van der Waals surface area contributed by atoms with Crippen LogP contribution < -0.4 is 5.32 Å². The van der Waals surface area contributed by atoms with Crippen LogP contribution in [0.5, 0.6) is 0 Å². The number of ether oxygens (including phenoxy) is 1. The van der Waals surface area contributed by atoms with E-state index in [-0.39, 0.29) is 35.3 Å². The maximum Gasteiger partial charge on any atom is 0.338 e. The van der Waals surface area contributed by atoms with Gasteiger partial charge in [0.2, 0.25) is 10.0 Å². The molecular weight excluding hydrogens is 586 g/mol. The van der Waals surface area contributed by atoms with Crippen molar-refractivity contribution in [2.45, 2.75) is 31.8 Å². The number of carbonyl (C=O) groups excluding carboxylic acids is 2. The number of esters is 1. The van der Waals surface area contributed by atoms with Crippen LogP contribution >= 0.6 is 11.6 Å². The number of benzene rings is 4. The summed E-state index contributed by atoms with van der Waals surface area (Å²) < 4.78 is 63.0. The summed E-state index contributed by atoms with van der Waals surface area (Å²) in [5.41, 5.74) is 1.76. The van der Waals surface area contributed by atoms with Crippen molar-refractivity contribution in [1.82, 2.24) is 4.31 Å². The van der Waals surface area contributed by atoms with E-state index < -0.39 is 39.1 Å². The van der Waals surface area contributed by atoms with Crippen LogP contribution in [-0.2, 0) is 27.8 Å². The molecule has 0 aliphatic rings. The second-order valence-corrected chi connectivity index (χ2v) is 11.8. The third-order valence-electron chi connectivity index (χ3n) is 6.30. The molecule has 0 fully saturated rings. The van der Waals surface area contributed by atoms with E-state index >= 15 is 0 Å². The van der Waals surface area contributed by atoms with Gasteiger partial charge in [0.1, 0.15) is 11.6 Å². The van der Waals surface area contributed by atoms with E-state index in [1.165, 1.54) is 16.4 Å². The molecule has 1 N–H and O–H groups in total. The molecule has 0 spiro atoms. The second-order valence-electron chi connectivity index (χ2n) is 9.40. The first-order valence-corrected chi connectivity index (χ1v) is 14.7. The SMILES string of the molecule is CCOC(=O)c1ccc(CN(Cc2ccc(C)cc2)S(=O)(=O)c2ccc(F)c(C(=O)Nc3ccc(Cl)cc3F)c2)cc1. The Morgan fingerprint density at radius 2 is 1.48 bits per heavy atom. The Morgan fingerprint density at radius 3 is 2.07 bits per heavy atom. The van der Waals surface area contributed by atoms with Crippen LogP contribution in [0.3, 0.4) is 0 Å². The second kappa shape index (κ2) is 13.2. The van der Waals surface area contributed by atoms with Crippen LogP contribution in [0, 0.1) is 18.6 Å². The highest BCUT2D eigenvalue weighted by Gasteiger charge is 2.27. The molecule has 4 rings (SSSR count). The third kappa shape index (κ3) is 7.39. The van der Waals surface area contributed by atoms with E-state index in [4.69, 9.17) is 16.3 Å². The maximum absolute atomic E-state index is 14.7. The molecule has 0 aliphatic heterocycles. The number of anilines is 1. The maximum atomic E-state index is 14.7. The first kappa shape index (κ1) is 30.8. The van der Waals surface area contributed by atoms with Gasteiger partial charge < -0.3 is 10.1 Å². The summed E-state index contributed by atoms with van der Waals surface area (Å²) in [7, 11) is -4.30. The fourth-order valence-electron chi connectivity index (χ4n) is 4.06. The molecule has 0 unspecified atom stereocenters. The van der Waals surface area contributed by atoms with Crippen LogP contribution in [-0.4, -0.2) is 31.2 Å². The molecule has 4 aromatic carbocycles.